The molecule has 4 heteroatoms. The van der Waals surface area contributed by atoms with Crippen LogP contribution in [0.5, 0.6) is 0 Å². The highest BCUT2D eigenvalue weighted by atomic mass is 16.5. The van der Waals surface area contributed by atoms with Crippen molar-refractivity contribution < 1.29 is 9.53 Å². The van der Waals surface area contributed by atoms with Crippen molar-refractivity contribution in [2.24, 2.45) is 5.41 Å². The molecular weight excluding hydrogens is 228 g/mol. The Morgan fingerprint density at radius 1 is 1.44 bits per heavy atom. The van der Waals surface area contributed by atoms with Crippen LogP contribution in [0.2, 0.25) is 0 Å². The van der Waals surface area contributed by atoms with E-state index in [1.165, 1.54) is 12.8 Å². The second-order valence-corrected chi connectivity index (χ2v) is 6.41. The van der Waals surface area contributed by atoms with E-state index in [1.807, 2.05) is 0 Å². The lowest BCUT2D eigenvalue weighted by atomic mass is 9.84. The summed E-state index contributed by atoms with van der Waals surface area (Å²) in [6.45, 7) is 10.2. The molecule has 0 bridgehead atoms. The standard InChI is InChI=1S/C14H26N2O2/c1-11(17)15-12-6-7-16(9-12)10-14(2,3)13-5-4-8-18-13/h12-13H,4-10H2,1-3H3,(H,15,17). The molecule has 2 aliphatic rings. The molecule has 2 unspecified atom stereocenters. The van der Waals surface area contributed by atoms with Gasteiger partial charge in [0.05, 0.1) is 6.10 Å². The van der Waals surface area contributed by atoms with Crippen LogP contribution in [0.4, 0.5) is 0 Å². The lowest BCUT2D eigenvalue weighted by Gasteiger charge is -2.34. The molecule has 2 heterocycles. The van der Waals surface area contributed by atoms with Gasteiger partial charge >= 0.3 is 0 Å². The van der Waals surface area contributed by atoms with Crippen molar-refractivity contribution in [3.63, 3.8) is 0 Å². The molecule has 104 valence electrons. The van der Waals surface area contributed by atoms with Gasteiger partial charge in [-0.15, -0.1) is 0 Å². The van der Waals surface area contributed by atoms with E-state index in [2.05, 4.69) is 24.1 Å². The number of amides is 1. The second kappa shape index (κ2) is 5.57. The maximum absolute atomic E-state index is 11.1. The van der Waals surface area contributed by atoms with Crippen molar-refractivity contribution in [3.05, 3.63) is 0 Å². The van der Waals surface area contributed by atoms with Crippen molar-refractivity contribution in [3.8, 4) is 0 Å². The van der Waals surface area contributed by atoms with E-state index in [1.54, 1.807) is 6.92 Å². The van der Waals surface area contributed by atoms with Gasteiger partial charge in [0.1, 0.15) is 0 Å². The number of nitrogens with zero attached hydrogens (tertiary/aromatic N) is 1. The van der Waals surface area contributed by atoms with Gasteiger partial charge in [-0.3, -0.25) is 4.79 Å². The first-order chi connectivity index (χ1) is 8.47. The Labute approximate surface area is 110 Å². The highest BCUT2D eigenvalue weighted by molar-refractivity contribution is 5.73. The summed E-state index contributed by atoms with van der Waals surface area (Å²) in [6, 6.07) is 0.336. The fraction of sp³-hybridized carbons (Fsp3) is 0.929. The zero-order valence-corrected chi connectivity index (χ0v) is 11.9. The van der Waals surface area contributed by atoms with E-state index in [0.717, 1.165) is 32.7 Å². The normalized spacial score (nSPS) is 29.7. The Morgan fingerprint density at radius 3 is 2.83 bits per heavy atom. The van der Waals surface area contributed by atoms with Crippen molar-refractivity contribution in [1.29, 1.82) is 0 Å². The molecule has 4 nitrogen and oxygen atoms in total. The maximum Gasteiger partial charge on any atom is 0.217 e. The Kier molecular flexibility index (Phi) is 4.28. The average molecular weight is 254 g/mol. The summed E-state index contributed by atoms with van der Waals surface area (Å²) in [4.78, 5) is 13.5. The predicted molar refractivity (Wildman–Crippen MR) is 71.4 cm³/mol. The molecule has 0 aromatic rings. The predicted octanol–water partition coefficient (Wildman–Crippen LogP) is 1.40. The Hall–Kier alpha value is -0.610. The third-order valence-corrected chi connectivity index (χ3v) is 4.11. The lowest BCUT2D eigenvalue weighted by Crippen LogP contribution is -2.42. The van der Waals surface area contributed by atoms with Crippen LogP contribution in [0.1, 0.15) is 40.0 Å². The summed E-state index contributed by atoms with van der Waals surface area (Å²) in [5, 5.41) is 3.02. The largest absolute Gasteiger partial charge is 0.378 e. The van der Waals surface area contributed by atoms with Crippen LogP contribution >= 0.6 is 0 Å². The summed E-state index contributed by atoms with van der Waals surface area (Å²) >= 11 is 0. The van der Waals surface area contributed by atoms with E-state index in [-0.39, 0.29) is 11.3 Å². The molecule has 2 saturated heterocycles. The van der Waals surface area contributed by atoms with Crippen LogP contribution in [-0.4, -0.2) is 49.2 Å². The molecule has 0 aromatic carbocycles. The van der Waals surface area contributed by atoms with Gasteiger partial charge < -0.3 is 15.0 Å². The Morgan fingerprint density at radius 2 is 2.22 bits per heavy atom. The van der Waals surface area contributed by atoms with Crippen molar-refractivity contribution in [2.75, 3.05) is 26.2 Å². The SMILES string of the molecule is CC(=O)NC1CCN(CC(C)(C)C2CCCO2)C1. The number of hydrogen-bond acceptors (Lipinski definition) is 3. The van der Waals surface area contributed by atoms with Gasteiger partial charge in [0.25, 0.3) is 0 Å². The fourth-order valence-electron chi connectivity index (χ4n) is 3.25. The molecule has 1 amide bonds. The number of rotatable bonds is 4. The highest BCUT2D eigenvalue weighted by Gasteiger charge is 2.36. The van der Waals surface area contributed by atoms with E-state index in [0.29, 0.717) is 12.1 Å². The molecule has 1 N–H and O–H groups in total. The average Bonchev–Trinajstić information content (AvgIpc) is 2.87. The van der Waals surface area contributed by atoms with Crippen molar-refractivity contribution in [2.45, 2.75) is 52.2 Å². The molecule has 2 atom stereocenters. The molecule has 2 aliphatic heterocycles. The van der Waals surface area contributed by atoms with E-state index >= 15 is 0 Å². The van der Waals surface area contributed by atoms with Gasteiger partial charge in [-0.2, -0.15) is 0 Å². The number of nitrogens with one attached hydrogen (secondary N) is 1. The summed E-state index contributed by atoms with van der Waals surface area (Å²) < 4.78 is 5.82. The summed E-state index contributed by atoms with van der Waals surface area (Å²) in [5.74, 6) is 0.0836. The maximum atomic E-state index is 11.1. The first-order valence-corrected chi connectivity index (χ1v) is 7.08. The zero-order chi connectivity index (χ0) is 13.2. The summed E-state index contributed by atoms with van der Waals surface area (Å²) in [6.07, 6.45) is 3.86. The van der Waals surface area contributed by atoms with Gasteiger partial charge in [-0.05, 0) is 19.3 Å². The number of carbonyl (C=O) groups excluding carboxylic acids is 1. The molecule has 2 rings (SSSR count). The highest BCUT2D eigenvalue weighted by Crippen LogP contribution is 2.32. The third kappa shape index (κ3) is 3.45. The summed E-state index contributed by atoms with van der Waals surface area (Å²) in [5.41, 5.74) is 0.210. The van der Waals surface area contributed by atoms with E-state index in [9.17, 15) is 4.79 Å². The number of hydrogen-bond donors (Lipinski definition) is 1. The first-order valence-electron chi connectivity index (χ1n) is 7.08. The van der Waals surface area contributed by atoms with Crippen molar-refractivity contribution in [1.82, 2.24) is 10.2 Å². The molecule has 0 saturated carbocycles. The van der Waals surface area contributed by atoms with Gasteiger partial charge in [0.15, 0.2) is 0 Å². The molecular formula is C14H26N2O2. The van der Waals surface area contributed by atoms with Crippen LogP contribution in [0.25, 0.3) is 0 Å². The number of carbonyl (C=O) groups is 1. The molecule has 18 heavy (non-hydrogen) atoms. The molecule has 0 radical (unpaired) electrons. The topological polar surface area (TPSA) is 41.6 Å². The molecule has 0 aliphatic carbocycles. The monoisotopic (exact) mass is 254 g/mol. The molecule has 2 fully saturated rings. The Balaban J connectivity index is 1.81. The minimum atomic E-state index is 0.0836. The second-order valence-electron chi connectivity index (χ2n) is 6.41. The van der Waals surface area contributed by atoms with Crippen LogP contribution in [0.3, 0.4) is 0 Å². The van der Waals surface area contributed by atoms with E-state index < -0.39 is 0 Å². The number of ether oxygens (including phenoxy) is 1. The quantitative estimate of drug-likeness (QED) is 0.824. The molecule has 0 spiro atoms. The van der Waals surface area contributed by atoms with Crippen LogP contribution in [0, 0.1) is 5.41 Å². The fourth-order valence-corrected chi connectivity index (χ4v) is 3.25. The first kappa shape index (κ1) is 13.8. The van der Waals surface area contributed by atoms with Gasteiger partial charge in [0.2, 0.25) is 5.91 Å². The number of likely N-dealkylation sites (tertiary alicyclic amines) is 1. The Bertz CT molecular complexity index is 298. The van der Waals surface area contributed by atoms with Crippen LogP contribution in [0.15, 0.2) is 0 Å². The third-order valence-electron chi connectivity index (χ3n) is 4.11. The van der Waals surface area contributed by atoms with Crippen molar-refractivity contribution >= 4 is 5.91 Å². The van der Waals surface area contributed by atoms with Gasteiger partial charge in [-0.1, -0.05) is 13.8 Å². The lowest BCUT2D eigenvalue weighted by molar-refractivity contribution is -0.119. The minimum absolute atomic E-state index is 0.0836. The van der Waals surface area contributed by atoms with Gasteiger partial charge in [0, 0.05) is 44.6 Å². The van der Waals surface area contributed by atoms with Gasteiger partial charge in [-0.25, -0.2) is 0 Å². The minimum Gasteiger partial charge on any atom is -0.378 e. The smallest absolute Gasteiger partial charge is 0.217 e. The van der Waals surface area contributed by atoms with Crippen LogP contribution in [-0.2, 0) is 9.53 Å². The molecule has 0 aromatic heterocycles. The zero-order valence-electron chi connectivity index (χ0n) is 11.9. The summed E-state index contributed by atoms with van der Waals surface area (Å²) in [7, 11) is 0. The van der Waals surface area contributed by atoms with Crippen LogP contribution < -0.4 is 5.32 Å². The van der Waals surface area contributed by atoms with E-state index in [4.69, 9.17) is 4.74 Å².